The fraction of sp³-hybridized carbons (Fsp3) is 0.895. The van der Waals surface area contributed by atoms with Gasteiger partial charge in [0.15, 0.2) is 0 Å². The molecule has 22 heavy (non-hydrogen) atoms. The summed E-state index contributed by atoms with van der Waals surface area (Å²) in [6.45, 7) is 4.43. The van der Waals surface area contributed by atoms with Crippen LogP contribution in [0.5, 0.6) is 0 Å². The highest BCUT2D eigenvalue weighted by molar-refractivity contribution is 4.93. The predicted octanol–water partition coefficient (Wildman–Crippen LogP) is 4.17. The van der Waals surface area contributed by atoms with Crippen molar-refractivity contribution in [2.24, 2.45) is 11.7 Å². The Morgan fingerprint density at radius 2 is 1.36 bits per heavy atom. The summed E-state index contributed by atoms with van der Waals surface area (Å²) in [7, 11) is 0. The first-order chi connectivity index (χ1) is 10.6. The number of rotatable bonds is 15. The van der Waals surface area contributed by atoms with E-state index in [1.807, 2.05) is 6.08 Å². The Bertz CT molecular complexity index is 254. The summed E-state index contributed by atoms with van der Waals surface area (Å²) in [5.74, 6) is 0.856. The summed E-state index contributed by atoms with van der Waals surface area (Å²) in [6, 6.07) is -0.559. The van der Waals surface area contributed by atoms with Gasteiger partial charge in [-0.1, -0.05) is 83.8 Å². The van der Waals surface area contributed by atoms with Gasteiger partial charge in [0, 0.05) is 0 Å². The third-order valence-electron chi connectivity index (χ3n) is 4.14. The molecule has 0 spiro atoms. The van der Waals surface area contributed by atoms with Crippen LogP contribution in [-0.2, 0) is 0 Å². The summed E-state index contributed by atoms with van der Waals surface area (Å²) >= 11 is 0. The Kier molecular flexibility index (Phi) is 15.2. The van der Waals surface area contributed by atoms with Gasteiger partial charge in [-0.25, -0.2) is 0 Å². The molecule has 4 N–H and O–H groups in total. The zero-order valence-electron chi connectivity index (χ0n) is 14.8. The quantitative estimate of drug-likeness (QED) is 0.314. The number of nitrogens with two attached hydrogens (primary N) is 1. The first-order valence-electron chi connectivity index (χ1n) is 9.29. The summed E-state index contributed by atoms with van der Waals surface area (Å²) in [5.41, 5.74) is 5.52. The minimum absolute atomic E-state index is 0.178. The molecule has 0 heterocycles. The second kappa shape index (κ2) is 15.5. The Balaban J connectivity index is 3.22. The highest BCUT2D eigenvalue weighted by Crippen LogP contribution is 2.13. The third kappa shape index (κ3) is 14.6. The lowest BCUT2D eigenvalue weighted by Gasteiger charge is -2.11. The van der Waals surface area contributed by atoms with Gasteiger partial charge in [-0.05, 0) is 18.8 Å². The molecule has 2 atom stereocenters. The van der Waals surface area contributed by atoms with Gasteiger partial charge < -0.3 is 15.9 Å². The largest absolute Gasteiger partial charge is 0.395 e. The summed E-state index contributed by atoms with van der Waals surface area (Å²) in [5, 5.41) is 18.3. The van der Waals surface area contributed by atoms with Crippen molar-refractivity contribution in [3.05, 3.63) is 12.2 Å². The summed E-state index contributed by atoms with van der Waals surface area (Å²) < 4.78 is 0. The van der Waals surface area contributed by atoms with Crippen LogP contribution in [0, 0.1) is 5.92 Å². The van der Waals surface area contributed by atoms with Crippen LogP contribution >= 0.6 is 0 Å². The minimum Gasteiger partial charge on any atom is -0.395 e. The normalized spacial score (nSPS) is 14.8. The van der Waals surface area contributed by atoms with Crippen molar-refractivity contribution < 1.29 is 10.2 Å². The predicted molar refractivity (Wildman–Crippen MR) is 95.8 cm³/mol. The maximum Gasteiger partial charge on any atom is 0.0894 e. The molecule has 0 aliphatic heterocycles. The van der Waals surface area contributed by atoms with E-state index in [-0.39, 0.29) is 6.61 Å². The Hall–Kier alpha value is -0.380. The van der Waals surface area contributed by atoms with Gasteiger partial charge in [-0.2, -0.15) is 0 Å². The lowest BCUT2D eigenvalue weighted by Crippen LogP contribution is -2.36. The molecule has 0 amide bonds. The molecule has 0 saturated heterocycles. The van der Waals surface area contributed by atoms with Crippen LogP contribution in [0.15, 0.2) is 12.2 Å². The van der Waals surface area contributed by atoms with E-state index in [0.717, 1.165) is 12.3 Å². The maximum atomic E-state index is 9.54. The van der Waals surface area contributed by atoms with Crippen LogP contribution in [0.25, 0.3) is 0 Å². The van der Waals surface area contributed by atoms with E-state index in [1.54, 1.807) is 6.08 Å². The monoisotopic (exact) mass is 313 g/mol. The number of allylic oxidation sites excluding steroid dienone is 1. The third-order valence-corrected chi connectivity index (χ3v) is 4.14. The summed E-state index contributed by atoms with van der Waals surface area (Å²) in [4.78, 5) is 0. The molecule has 0 rings (SSSR count). The van der Waals surface area contributed by atoms with Crippen LogP contribution in [0.2, 0.25) is 0 Å². The SMILES string of the molecule is CC(C)CCCCCCCCCCC/C=C/[C@@H](O)[C@@H](N)CO. The maximum absolute atomic E-state index is 9.54. The molecule has 0 unspecified atom stereocenters. The van der Waals surface area contributed by atoms with Crippen molar-refractivity contribution in [1.82, 2.24) is 0 Å². The van der Waals surface area contributed by atoms with E-state index >= 15 is 0 Å². The van der Waals surface area contributed by atoms with E-state index in [9.17, 15) is 5.11 Å². The molecule has 0 aromatic rings. The van der Waals surface area contributed by atoms with Crippen LogP contribution in [0.1, 0.15) is 84.5 Å². The minimum atomic E-state index is -0.722. The molecule has 3 heteroatoms. The average Bonchev–Trinajstić information content (AvgIpc) is 2.50. The van der Waals surface area contributed by atoms with Gasteiger partial charge in [0.1, 0.15) is 0 Å². The molecule has 0 aromatic heterocycles. The molecule has 3 nitrogen and oxygen atoms in total. The van der Waals surface area contributed by atoms with Crippen molar-refractivity contribution in [2.75, 3.05) is 6.61 Å². The number of unbranched alkanes of at least 4 members (excludes halogenated alkanes) is 9. The fourth-order valence-electron chi connectivity index (χ4n) is 2.54. The second-order valence-corrected chi connectivity index (χ2v) is 6.92. The molecule has 0 aliphatic carbocycles. The molecule has 0 fully saturated rings. The fourth-order valence-corrected chi connectivity index (χ4v) is 2.54. The molecule has 132 valence electrons. The number of aliphatic hydroxyl groups excluding tert-OH is 2. The molecule has 0 aliphatic rings. The standard InChI is InChI=1S/C19H39NO2/c1-17(2)14-12-10-8-6-4-3-5-7-9-11-13-15-19(22)18(20)16-21/h13,15,17-19,21-22H,3-12,14,16,20H2,1-2H3/b15-13+/t18-,19+/m0/s1. The van der Waals surface area contributed by atoms with Gasteiger partial charge in [-0.15, -0.1) is 0 Å². The van der Waals surface area contributed by atoms with Crippen LogP contribution < -0.4 is 5.73 Å². The highest BCUT2D eigenvalue weighted by Gasteiger charge is 2.08. The number of aliphatic hydroxyl groups is 2. The lowest BCUT2D eigenvalue weighted by atomic mass is 10.0. The molecular formula is C19H39NO2. The Morgan fingerprint density at radius 3 is 1.86 bits per heavy atom. The van der Waals surface area contributed by atoms with Crippen molar-refractivity contribution in [3.8, 4) is 0 Å². The van der Waals surface area contributed by atoms with E-state index in [0.29, 0.717) is 0 Å². The molecule has 0 radical (unpaired) electrons. The van der Waals surface area contributed by atoms with Crippen LogP contribution in [-0.4, -0.2) is 29.0 Å². The van der Waals surface area contributed by atoms with Crippen molar-refractivity contribution >= 4 is 0 Å². The number of hydrogen-bond donors (Lipinski definition) is 3. The van der Waals surface area contributed by atoms with Gasteiger partial charge in [0.25, 0.3) is 0 Å². The van der Waals surface area contributed by atoms with Crippen LogP contribution in [0.4, 0.5) is 0 Å². The van der Waals surface area contributed by atoms with Gasteiger partial charge in [0.2, 0.25) is 0 Å². The molecule has 0 bridgehead atoms. The molecular weight excluding hydrogens is 274 g/mol. The van der Waals surface area contributed by atoms with Crippen molar-refractivity contribution in [1.29, 1.82) is 0 Å². The lowest BCUT2D eigenvalue weighted by molar-refractivity contribution is 0.144. The van der Waals surface area contributed by atoms with E-state index < -0.39 is 12.1 Å². The summed E-state index contributed by atoms with van der Waals surface area (Å²) in [6.07, 6.45) is 17.4. The van der Waals surface area contributed by atoms with Crippen LogP contribution in [0.3, 0.4) is 0 Å². The van der Waals surface area contributed by atoms with Crippen molar-refractivity contribution in [2.45, 2.75) is 96.6 Å². The van der Waals surface area contributed by atoms with E-state index in [4.69, 9.17) is 10.8 Å². The number of hydrogen-bond acceptors (Lipinski definition) is 3. The zero-order valence-corrected chi connectivity index (χ0v) is 14.8. The second-order valence-electron chi connectivity index (χ2n) is 6.92. The molecule has 0 saturated carbocycles. The highest BCUT2D eigenvalue weighted by atomic mass is 16.3. The Labute approximate surface area is 138 Å². The van der Waals surface area contributed by atoms with Gasteiger partial charge in [-0.3, -0.25) is 0 Å². The van der Waals surface area contributed by atoms with Gasteiger partial charge in [0.05, 0.1) is 18.8 Å². The topological polar surface area (TPSA) is 66.5 Å². The zero-order chi connectivity index (χ0) is 16.6. The average molecular weight is 314 g/mol. The Morgan fingerprint density at radius 1 is 0.864 bits per heavy atom. The molecule has 0 aromatic carbocycles. The smallest absolute Gasteiger partial charge is 0.0894 e. The van der Waals surface area contributed by atoms with Crippen molar-refractivity contribution in [3.63, 3.8) is 0 Å². The van der Waals surface area contributed by atoms with E-state index in [2.05, 4.69) is 13.8 Å². The first-order valence-corrected chi connectivity index (χ1v) is 9.29. The van der Waals surface area contributed by atoms with E-state index in [1.165, 1.54) is 64.2 Å². The van der Waals surface area contributed by atoms with Gasteiger partial charge >= 0.3 is 0 Å². The first kappa shape index (κ1) is 21.6.